The van der Waals surface area contributed by atoms with Crippen LogP contribution >= 0.6 is 0 Å². The van der Waals surface area contributed by atoms with Gasteiger partial charge in [0.2, 0.25) is 0 Å². The summed E-state index contributed by atoms with van der Waals surface area (Å²) < 4.78 is 15.8. The predicted molar refractivity (Wildman–Crippen MR) is 123 cm³/mol. The van der Waals surface area contributed by atoms with Gasteiger partial charge in [-0.1, -0.05) is 33.8 Å². The lowest BCUT2D eigenvalue weighted by atomic mass is 9.60. The molecule has 4 atom stereocenters. The number of esters is 2. The van der Waals surface area contributed by atoms with Crippen LogP contribution in [0.5, 0.6) is 0 Å². The van der Waals surface area contributed by atoms with Crippen molar-refractivity contribution in [2.75, 3.05) is 7.11 Å². The van der Waals surface area contributed by atoms with Crippen molar-refractivity contribution in [2.24, 2.45) is 22.7 Å². The van der Waals surface area contributed by atoms with E-state index >= 15 is 0 Å². The quantitative estimate of drug-likeness (QED) is 0.596. The molecule has 1 unspecified atom stereocenters. The molecule has 0 fully saturated rings. The van der Waals surface area contributed by atoms with Crippen LogP contribution in [0.1, 0.15) is 65.0 Å². The molecule has 1 aromatic heterocycles. The van der Waals surface area contributed by atoms with E-state index in [1.54, 1.807) is 25.5 Å². The molecule has 0 spiro atoms. The standard InChI is InChI=1S/C27H32O7/c1-15-19(12-21(28)32-5)26(2,3)24(31)18(23(15)30)11-16-7-6-9-27(4)20(16)13-22(29)34-25(27)17-8-10-33-14-17/h7-8,10,13-15,19,25,31H,6,9,11-12H2,1-5H3/t15-,19?,25-,27+/m1/s1. The summed E-state index contributed by atoms with van der Waals surface area (Å²) in [6.07, 6.45) is 8.01. The number of ketones is 1. The summed E-state index contributed by atoms with van der Waals surface area (Å²) in [5.74, 6) is -1.86. The van der Waals surface area contributed by atoms with Crippen molar-refractivity contribution < 1.29 is 33.4 Å². The number of carbonyl (C=O) groups excluding carboxylic acids is 3. The molecule has 7 heteroatoms. The first-order valence-electron chi connectivity index (χ1n) is 11.7. The van der Waals surface area contributed by atoms with E-state index < -0.39 is 34.8 Å². The van der Waals surface area contributed by atoms with Gasteiger partial charge in [-0.15, -0.1) is 0 Å². The van der Waals surface area contributed by atoms with Gasteiger partial charge in [0.25, 0.3) is 0 Å². The molecule has 2 heterocycles. The van der Waals surface area contributed by atoms with Gasteiger partial charge < -0.3 is 19.0 Å². The summed E-state index contributed by atoms with van der Waals surface area (Å²) >= 11 is 0. The van der Waals surface area contributed by atoms with E-state index in [4.69, 9.17) is 13.9 Å². The highest BCUT2D eigenvalue weighted by molar-refractivity contribution is 6.00. The molecule has 0 radical (unpaired) electrons. The Morgan fingerprint density at radius 1 is 1.26 bits per heavy atom. The Morgan fingerprint density at radius 3 is 2.65 bits per heavy atom. The van der Waals surface area contributed by atoms with Gasteiger partial charge in [-0.2, -0.15) is 0 Å². The van der Waals surface area contributed by atoms with Crippen molar-refractivity contribution in [1.82, 2.24) is 0 Å². The number of aliphatic hydroxyl groups excluding tert-OH is 1. The average Bonchev–Trinajstić information content (AvgIpc) is 3.33. The van der Waals surface area contributed by atoms with E-state index in [9.17, 15) is 19.5 Å². The molecule has 34 heavy (non-hydrogen) atoms. The molecule has 1 N–H and O–H groups in total. The number of allylic oxidation sites excluding steroid dienone is 4. The minimum Gasteiger partial charge on any atom is -0.511 e. The first-order chi connectivity index (χ1) is 16.0. The molecular weight excluding hydrogens is 436 g/mol. The first-order valence-corrected chi connectivity index (χ1v) is 11.7. The van der Waals surface area contributed by atoms with Crippen LogP contribution in [0, 0.1) is 22.7 Å². The number of hydrogen-bond acceptors (Lipinski definition) is 7. The Balaban J connectivity index is 1.70. The molecule has 0 aromatic carbocycles. The maximum absolute atomic E-state index is 13.4. The van der Waals surface area contributed by atoms with Gasteiger partial charge >= 0.3 is 11.9 Å². The van der Waals surface area contributed by atoms with Crippen LogP contribution in [0.25, 0.3) is 0 Å². The second-order valence-corrected chi connectivity index (χ2v) is 10.4. The molecule has 1 aromatic rings. The number of ether oxygens (including phenoxy) is 2. The van der Waals surface area contributed by atoms with Crippen LogP contribution in [0.3, 0.4) is 0 Å². The van der Waals surface area contributed by atoms with Crippen molar-refractivity contribution in [2.45, 2.75) is 59.5 Å². The monoisotopic (exact) mass is 468 g/mol. The second-order valence-electron chi connectivity index (χ2n) is 10.4. The van der Waals surface area contributed by atoms with Crippen molar-refractivity contribution in [3.05, 3.63) is 58.8 Å². The molecule has 2 aliphatic carbocycles. The van der Waals surface area contributed by atoms with Crippen LogP contribution in [0.2, 0.25) is 0 Å². The molecule has 0 amide bonds. The number of methoxy groups -OCH3 is 1. The molecule has 0 saturated heterocycles. The van der Waals surface area contributed by atoms with E-state index in [0.717, 1.165) is 29.6 Å². The average molecular weight is 469 g/mol. The number of Topliss-reactive ketones (excluding diaryl/α,β-unsaturated/α-hetero) is 1. The van der Waals surface area contributed by atoms with Gasteiger partial charge in [0.15, 0.2) is 5.78 Å². The van der Waals surface area contributed by atoms with Gasteiger partial charge in [-0.25, -0.2) is 4.79 Å². The summed E-state index contributed by atoms with van der Waals surface area (Å²) in [6.45, 7) is 7.57. The predicted octanol–water partition coefficient (Wildman–Crippen LogP) is 5.16. The topological polar surface area (TPSA) is 103 Å². The SMILES string of the molecule is COC(=O)CC1[C@@H](C)C(=O)C(CC2=CCC[C@@]3(C)C2=CC(=O)O[C@@H]3c2ccoc2)=C(O)C1(C)C. The van der Waals surface area contributed by atoms with Crippen molar-refractivity contribution in [3.8, 4) is 0 Å². The lowest BCUT2D eigenvalue weighted by Crippen LogP contribution is -2.43. The number of fused-ring (bicyclic) bond motifs is 1. The van der Waals surface area contributed by atoms with E-state index in [2.05, 4.69) is 6.92 Å². The Bertz CT molecular complexity index is 1100. The summed E-state index contributed by atoms with van der Waals surface area (Å²) in [4.78, 5) is 37.9. The molecule has 1 aliphatic heterocycles. The largest absolute Gasteiger partial charge is 0.511 e. The van der Waals surface area contributed by atoms with Crippen LogP contribution in [-0.2, 0) is 23.9 Å². The van der Waals surface area contributed by atoms with E-state index in [0.29, 0.717) is 5.57 Å². The number of carbonyl (C=O) groups is 3. The lowest BCUT2D eigenvalue weighted by molar-refractivity contribution is -0.152. The highest BCUT2D eigenvalue weighted by Crippen LogP contribution is 2.55. The molecule has 7 nitrogen and oxygen atoms in total. The summed E-state index contributed by atoms with van der Waals surface area (Å²) in [5.41, 5.74) is 1.55. The second kappa shape index (κ2) is 8.60. The Kier molecular flexibility index (Phi) is 6.08. The molecule has 0 saturated carbocycles. The maximum atomic E-state index is 13.4. The highest BCUT2D eigenvalue weighted by atomic mass is 16.5. The fourth-order valence-corrected chi connectivity index (χ4v) is 5.93. The summed E-state index contributed by atoms with van der Waals surface area (Å²) in [6, 6.07) is 1.80. The van der Waals surface area contributed by atoms with Crippen molar-refractivity contribution >= 4 is 17.7 Å². The zero-order chi connectivity index (χ0) is 24.8. The normalized spacial score (nSPS) is 30.8. The highest BCUT2D eigenvalue weighted by Gasteiger charge is 2.50. The number of cyclic esters (lactones) is 1. The Morgan fingerprint density at radius 2 is 2.00 bits per heavy atom. The fraction of sp³-hybridized carbons (Fsp3) is 0.519. The Hall–Kier alpha value is -3.09. The molecule has 3 aliphatic rings. The van der Waals surface area contributed by atoms with Gasteiger partial charge in [0.1, 0.15) is 11.9 Å². The molecule has 4 rings (SSSR count). The van der Waals surface area contributed by atoms with E-state index in [-0.39, 0.29) is 30.3 Å². The number of furan rings is 1. The minimum absolute atomic E-state index is 0.00282. The zero-order valence-corrected chi connectivity index (χ0v) is 20.3. The van der Waals surface area contributed by atoms with Gasteiger partial charge in [0, 0.05) is 46.8 Å². The third-order valence-electron chi connectivity index (χ3n) is 8.06. The van der Waals surface area contributed by atoms with Crippen molar-refractivity contribution in [1.29, 1.82) is 0 Å². The molecule has 182 valence electrons. The Labute approximate surface area is 199 Å². The maximum Gasteiger partial charge on any atom is 0.331 e. The zero-order valence-electron chi connectivity index (χ0n) is 20.3. The molecular formula is C27H32O7. The first kappa shape index (κ1) is 24.0. The third kappa shape index (κ3) is 3.81. The number of hydrogen-bond donors (Lipinski definition) is 1. The minimum atomic E-state index is -0.783. The van der Waals surface area contributed by atoms with Crippen molar-refractivity contribution in [3.63, 3.8) is 0 Å². The van der Waals surface area contributed by atoms with Crippen LogP contribution in [-0.4, -0.2) is 29.9 Å². The van der Waals surface area contributed by atoms with Gasteiger partial charge in [-0.05, 0) is 36.0 Å². The van der Waals surface area contributed by atoms with Gasteiger partial charge in [0.05, 0.1) is 19.6 Å². The third-order valence-corrected chi connectivity index (χ3v) is 8.06. The summed E-state index contributed by atoms with van der Waals surface area (Å²) in [5, 5.41) is 11.2. The summed E-state index contributed by atoms with van der Waals surface area (Å²) in [7, 11) is 1.32. The van der Waals surface area contributed by atoms with Crippen LogP contribution < -0.4 is 0 Å². The number of rotatable bonds is 5. The van der Waals surface area contributed by atoms with Crippen LogP contribution in [0.4, 0.5) is 0 Å². The molecule has 0 bridgehead atoms. The van der Waals surface area contributed by atoms with E-state index in [1.165, 1.54) is 13.2 Å². The van der Waals surface area contributed by atoms with E-state index in [1.807, 2.05) is 19.9 Å². The fourth-order valence-electron chi connectivity index (χ4n) is 5.93. The van der Waals surface area contributed by atoms with Gasteiger partial charge in [-0.3, -0.25) is 9.59 Å². The number of aliphatic hydroxyl groups is 1. The lowest BCUT2D eigenvalue weighted by Gasteiger charge is -2.45. The van der Waals surface area contributed by atoms with Crippen LogP contribution in [0.15, 0.2) is 57.6 Å². The smallest absolute Gasteiger partial charge is 0.331 e.